The van der Waals surface area contributed by atoms with E-state index in [1.54, 1.807) is 23.4 Å². The zero-order valence-corrected chi connectivity index (χ0v) is 14.8. The molecule has 2 aromatic rings. The SMILES string of the molecule is CC1=C[C@H]2N(C=C1)C(c1cccc([N+](=O)[O-])c1)=NON2c1cc(C)ccn1. The van der Waals surface area contributed by atoms with Crippen LogP contribution in [0.2, 0.25) is 0 Å². The van der Waals surface area contributed by atoms with Crippen molar-refractivity contribution in [2.45, 2.75) is 20.0 Å². The summed E-state index contributed by atoms with van der Waals surface area (Å²) >= 11 is 0. The third-order valence-corrected chi connectivity index (χ3v) is 4.34. The van der Waals surface area contributed by atoms with Crippen molar-refractivity contribution < 1.29 is 9.86 Å². The number of non-ortho nitro benzene ring substituents is 1. The first kappa shape index (κ1) is 16.8. The molecular formula is C19H17N5O3. The number of benzene rings is 1. The largest absolute Gasteiger partial charge is 0.302 e. The number of hydrogen-bond donors (Lipinski definition) is 0. The number of hydrogen-bond acceptors (Lipinski definition) is 7. The highest BCUT2D eigenvalue weighted by Gasteiger charge is 2.35. The second-order valence-electron chi connectivity index (χ2n) is 6.37. The molecule has 27 heavy (non-hydrogen) atoms. The number of aryl methyl sites for hydroxylation is 1. The maximum Gasteiger partial charge on any atom is 0.270 e. The van der Waals surface area contributed by atoms with Crippen LogP contribution in [-0.2, 0) is 4.94 Å². The van der Waals surface area contributed by atoms with E-state index in [9.17, 15) is 10.1 Å². The number of anilines is 1. The zero-order valence-electron chi connectivity index (χ0n) is 14.8. The van der Waals surface area contributed by atoms with Gasteiger partial charge in [-0.25, -0.2) is 4.98 Å². The van der Waals surface area contributed by atoms with Crippen molar-refractivity contribution in [3.8, 4) is 0 Å². The highest BCUT2D eigenvalue weighted by molar-refractivity contribution is 6.00. The molecule has 8 nitrogen and oxygen atoms in total. The van der Waals surface area contributed by atoms with Crippen LogP contribution in [0, 0.1) is 17.0 Å². The second-order valence-corrected chi connectivity index (χ2v) is 6.37. The van der Waals surface area contributed by atoms with Gasteiger partial charge in [0.25, 0.3) is 5.69 Å². The standard InChI is InChI=1S/C19H17N5O3/c1-13-6-8-20-17(10-13)23-18-11-14(2)7-9-22(18)19(21-27-23)15-4-3-5-16(12-15)24(25)26/h3-12,18H,1-2H3/t18-/m0/s1. The van der Waals surface area contributed by atoms with Gasteiger partial charge in [0.05, 0.1) is 4.92 Å². The highest BCUT2D eigenvalue weighted by Crippen LogP contribution is 2.29. The van der Waals surface area contributed by atoms with Gasteiger partial charge in [-0.15, -0.1) is 5.06 Å². The highest BCUT2D eigenvalue weighted by atomic mass is 16.8. The van der Waals surface area contributed by atoms with Crippen molar-refractivity contribution in [2.24, 2.45) is 5.16 Å². The molecule has 1 atom stereocenters. The third kappa shape index (κ3) is 3.12. The van der Waals surface area contributed by atoms with Gasteiger partial charge in [0.15, 0.2) is 17.8 Å². The van der Waals surface area contributed by atoms with Crippen LogP contribution >= 0.6 is 0 Å². The lowest BCUT2D eigenvalue weighted by Crippen LogP contribution is -2.52. The number of amidine groups is 1. The molecule has 0 aliphatic carbocycles. The number of fused-ring (bicyclic) bond motifs is 1. The lowest BCUT2D eigenvalue weighted by molar-refractivity contribution is -0.384. The minimum Gasteiger partial charge on any atom is -0.302 e. The number of aromatic nitrogens is 1. The summed E-state index contributed by atoms with van der Waals surface area (Å²) in [5.74, 6) is 1.12. The van der Waals surface area contributed by atoms with Gasteiger partial charge in [-0.3, -0.25) is 15.1 Å². The minimum absolute atomic E-state index is 0.00208. The topological polar surface area (TPSA) is 84.1 Å². The fraction of sp³-hybridized carbons (Fsp3) is 0.158. The van der Waals surface area contributed by atoms with Gasteiger partial charge in [0.2, 0.25) is 0 Å². The van der Waals surface area contributed by atoms with E-state index in [0.29, 0.717) is 17.2 Å². The van der Waals surface area contributed by atoms with Gasteiger partial charge in [-0.1, -0.05) is 12.1 Å². The fourth-order valence-corrected chi connectivity index (χ4v) is 2.99. The van der Waals surface area contributed by atoms with Crippen molar-refractivity contribution in [3.63, 3.8) is 0 Å². The van der Waals surface area contributed by atoms with Crippen molar-refractivity contribution in [1.82, 2.24) is 9.88 Å². The lowest BCUT2D eigenvalue weighted by Gasteiger charge is -2.40. The van der Waals surface area contributed by atoms with E-state index in [-0.39, 0.29) is 11.9 Å². The average molecular weight is 363 g/mol. The van der Waals surface area contributed by atoms with E-state index in [4.69, 9.17) is 4.94 Å². The predicted molar refractivity (Wildman–Crippen MR) is 101 cm³/mol. The minimum atomic E-state index is -0.426. The van der Waals surface area contributed by atoms with Gasteiger partial charge in [0, 0.05) is 30.1 Å². The molecule has 2 aliphatic rings. The van der Waals surface area contributed by atoms with Crippen LogP contribution in [0.25, 0.3) is 0 Å². The van der Waals surface area contributed by atoms with E-state index in [1.165, 1.54) is 12.1 Å². The van der Waals surface area contributed by atoms with Gasteiger partial charge >= 0.3 is 0 Å². The lowest BCUT2D eigenvalue weighted by atomic mass is 10.1. The molecule has 1 aromatic carbocycles. The molecule has 0 fully saturated rings. The van der Waals surface area contributed by atoms with E-state index in [0.717, 1.165) is 11.1 Å². The smallest absolute Gasteiger partial charge is 0.270 e. The Hall–Kier alpha value is -3.68. The molecule has 0 unspecified atom stereocenters. The second kappa shape index (κ2) is 6.56. The Morgan fingerprint density at radius 2 is 2.07 bits per heavy atom. The van der Waals surface area contributed by atoms with E-state index in [2.05, 4.69) is 10.1 Å². The third-order valence-electron chi connectivity index (χ3n) is 4.34. The number of nitrogens with zero attached hydrogens (tertiary/aromatic N) is 5. The molecule has 0 saturated carbocycles. The molecule has 136 valence electrons. The summed E-state index contributed by atoms with van der Waals surface area (Å²) in [5, 5.41) is 16.9. The van der Waals surface area contributed by atoms with Crippen LogP contribution < -0.4 is 5.06 Å². The molecular weight excluding hydrogens is 346 g/mol. The molecule has 0 bridgehead atoms. The Morgan fingerprint density at radius 1 is 1.22 bits per heavy atom. The van der Waals surface area contributed by atoms with Crippen LogP contribution in [0.15, 0.2) is 71.7 Å². The normalized spacial score (nSPS) is 18.4. The first-order valence-electron chi connectivity index (χ1n) is 8.40. The van der Waals surface area contributed by atoms with Crippen LogP contribution in [0.3, 0.4) is 0 Å². The first-order valence-corrected chi connectivity index (χ1v) is 8.40. The van der Waals surface area contributed by atoms with Crippen LogP contribution in [0.1, 0.15) is 18.1 Å². The number of pyridine rings is 1. The summed E-state index contributed by atoms with van der Waals surface area (Å²) in [6.07, 6.45) is 7.28. The molecule has 0 amide bonds. The number of oxime groups is 1. The van der Waals surface area contributed by atoms with E-state index >= 15 is 0 Å². The van der Waals surface area contributed by atoms with E-state index < -0.39 is 4.92 Å². The van der Waals surface area contributed by atoms with Crippen molar-refractivity contribution in [1.29, 1.82) is 0 Å². The zero-order chi connectivity index (χ0) is 19.0. The first-order chi connectivity index (χ1) is 13.0. The van der Waals surface area contributed by atoms with Gasteiger partial charge in [0.1, 0.15) is 0 Å². The maximum atomic E-state index is 11.1. The fourth-order valence-electron chi connectivity index (χ4n) is 2.99. The van der Waals surface area contributed by atoms with Gasteiger partial charge in [-0.2, -0.15) is 0 Å². The number of nitro benzene ring substituents is 1. The summed E-state index contributed by atoms with van der Waals surface area (Å²) in [6, 6.07) is 10.2. The van der Waals surface area contributed by atoms with Crippen molar-refractivity contribution in [2.75, 3.05) is 5.06 Å². The molecule has 2 aliphatic heterocycles. The summed E-state index contributed by atoms with van der Waals surface area (Å²) in [5.41, 5.74) is 2.72. The quantitative estimate of drug-likeness (QED) is 0.613. The van der Waals surface area contributed by atoms with Gasteiger partial charge in [-0.05, 0) is 54.4 Å². The molecule has 0 N–H and O–H groups in total. The molecule has 4 rings (SSSR count). The molecule has 0 radical (unpaired) electrons. The Morgan fingerprint density at radius 3 is 2.85 bits per heavy atom. The van der Waals surface area contributed by atoms with Crippen LogP contribution in [0.4, 0.5) is 11.5 Å². The predicted octanol–water partition coefficient (Wildman–Crippen LogP) is 3.51. The average Bonchev–Trinajstić information content (AvgIpc) is 2.67. The Labute approximate surface area is 155 Å². The maximum absolute atomic E-state index is 11.1. The Kier molecular flexibility index (Phi) is 4.08. The molecule has 1 aromatic heterocycles. The summed E-state index contributed by atoms with van der Waals surface area (Å²) < 4.78 is 0. The summed E-state index contributed by atoms with van der Waals surface area (Å²) in [7, 11) is 0. The molecule has 3 heterocycles. The monoisotopic (exact) mass is 363 g/mol. The van der Waals surface area contributed by atoms with E-state index in [1.807, 2.05) is 49.2 Å². The molecule has 0 spiro atoms. The molecule has 8 heteroatoms. The Bertz CT molecular complexity index is 998. The number of rotatable bonds is 3. The summed E-state index contributed by atoms with van der Waals surface area (Å²) in [4.78, 5) is 22.6. The van der Waals surface area contributed by atoms with Crippen LogP contribution in [0.5, 0.6) is 0 Å². The van der Waals surface area contributed by atoms with Crippen molar-refractivity contribution >= 4 is 17.3 Å². The number of nitro groups is 1. The van der Waals surface area contributed by atoms with Crippen LogP contribution in [-0.4, -0.2) is 26.8 Å². The van der Waals surface area contributed by atoms with Crippen molar-refractivity contribution in [3.05, 3.63) is 87.8 Å². The molecule has 0 saturated heterocycles. The summed E-state index contributed by atoms with van der Waals surface area (Å²) in [6.45, 7) is 3.97. The number of hydroxylamine groups is 1. The Balaban J connectivity index is 1.77. The number of allylic oxidation sites excluding steroid dienone is 2. The van der Waals surface area contributed by atoms with Gasteiger partial charge < -0.3 is 4.90 Å².